The SMILES string of the molecule is N=c1oc(-c2ccccc2)nn1-c1ccc(I)cc1. The van der Waals surface area contributed by atoms with Crippen molar-refractivity contribution in [3.8, 4) is 17.1 Å². The van der Waals surface area contributed by atoms with Gasteiger partial charge in [-0.25, -0.2) is 5.41 Å². The number of hydrogen-bond acceptors (Lipinski definition) is 3. The van der Waals surface area contributed by atoms with Gasteiger partial charge in [0.25, 0.3) is 0 Å². The predicted octanol–water partition coefficient (Wildman–Crippen LogP) is 3.22. The quantitative estimate of drug-likeness (QED) is 0.711. The standard InChI is InChI=1S/C14H10IN3O/c15-11-6-8-12(9-7-11)18-14(16)19-13(17-18)10-4-2-1-3-5-10/h1-9,16H. The van der Waals surface area contributed by atoms with Crippen LogP contribution in [-0.2, 0) is 0 Å². The maximum atomic E-state index is 7.86. The van der Waals surface area contributed by atoms with Gasteiger partial charge in [0.05, 0.1) is 5.69 Å². The summed E-state index contributed by atoms with van der Waals surface area (Å²) in [6.45, 7) is 0. The molecule has 0 aliphatic rings. The zero-order chi connectivity index (χ0) is 13.2. The Bertz CT molecular complexity index is 744. The fourth-order valence-electron chi connectivity index (χ4n) is 1.75. The average molecular weight is 363 g/mol. The molecule has 3 rings (SSSR count). The third-order valence-electron chi connectivity index (χ3n) is 2.67. The summed E-state index contributed by atoms with van der Waals surface area (Å²) in [6, 6.07) is 17.3. The number of nitrogens with zero attached hydrogens (tertiary/aromatic N) is 2. The van der Waals surface area contributed by atoms with Crippen molar-refractivity contribution in [3.05, 3.63) is 63.9 Å². The van der Waals surface area contributed by atoms with Gasteiger partial charge in [0.2, 0.25) is 5.89 Å². The second-order valence-electron chi connectivity index (χ2n) is 3.97. The van der Waals surface area contributed by atoms with Gasteiger partial charge in [-0.3, -0.25) is 0 Å². The highest BCUT2D eigenvalue weighted by molar-refractivity contribution is 14.1. The van der Waals surface area contributed by atoms with E-state index in [0.29, 0.717) is 5.89 Å². The number of benzene rings is 2. The first kappa shape index (κ1) is 12.2. The summed E-state index contributed by atoms with van der Waals surface area (Å²) in [7, 11) is 0. The van der Waals surface area contributed by atoms with Crippen LogP contribution in [0.1, 0.15) is 0 Å². The van der Waals surface area contributed by atoms with Gasteiger partial charge in [0.1, 0.15) is 0 Å². The largest absolute Gasteiger partial charge is 0.403 e. The van der Waals surface area contributed by atoms with E-state index in [2.05, 4.69) is 27.7 Å². The van der Waals surface area contributed by atoms with Crippen LogP contribution < -0.4 is 5.68 Å². The topological polar surface area (TPSA) is 54.8 Å². The summed E-state index contributed by atoms with van der Waals surface area (Å²) in [5.74, 6) is 0.448. The summed E-state index contributed by atoms with van der Waals surface area (Å²) in [4.78, 5) is 0. The summed E-state index contributed by atoms with van der Waals surface area (Å²) < 4.78 is 8.03. The molecule has 5 heteroatoms. The third kappa shape index (κ3) is 2.46. The molecule has 0 fully saturated rings. The molecule has 3 aromatic rings. The molecule has 0 saturated heterocycles. The first-order chi connectivity index (χ1) is 9.24. The lowest BCUT2D eigenvalue weighted by Gasteiger charge is -1.98. The minimum Gasteiger partial charge on any atom is -0.403 e. The summed E-state index contributed by atoms with van der Waals surface area (Å²) in [5, 5.41) is 12.2. The highest BCUT2D eigenvalue weighted by Crippen LogP contribution is 2.16. The van der Waals surface area contributed by atoms with Crippen LogP contribution in [0.3, 0.4) is 0 Å². The molecular weight excluding hydrogens is 353 g/mol. The van der Waals surface area contributed by atoms with Crippen LogP contribution in [0, 0.1) is 8.98 Å². The Morgan fingerprint density at radius 1 is 1.00 bits per heavy atom. The van der Waals surface area contributed by atoms with Crippen molar-refractivity contribution in [1.29, 1.82) is 5.41 Å². The minimum absolute atomic E-state index is 0.0139. The Kier molecular flexibility index (Phi) is 3.20. The van der Waals surface area contributed by atoms with E-state index in [-0.39, 0.29) is 5.68 Å². The molecule has 0 aliphatic heterocycles. The molecule has 2 aromatic carbocycles. The van der Waals surface area contributed by atoms with Crippen molar-refractivity contribution in [2.75, 3.05) is 0 Å². The van der Waals surface area contributed by atoms with Crippen molar-refractivity contribution in [2.24, 2.45) is 0 Å². The molecule has 19 heavy (non-hydrogen) atoms. The zero-order valence-corrected chi connectivity index (χ0v) is 12.0. The van der Waals surface area contributed by atoms with E-state index in [4.69, 9.17) is 9.83 Å². The van der Waals surface area contributed by atoms with Gasteiger partial charge in [0, 0.05) is 9.13 Å². The maximum absolute atomic E-state index is 7.86. The highest BCUT2D eigenvalue weighted by atomic mass is 127. The lowest BCUT2D eigenvalue weighted by molar-refractivity contribution is 0.487. The lowest BCUT2D eigenvalue weighted by atomic mass is 10.2. The van der Waals surface area contributed by atoms with Gasteiger partial charge < -0.3 is 4.42 Å². The molecule has 0 amide bonds. The second kappa shape index (κ2) is 5.00. The first-order valence-corrected chi connectivity index (χ1v) is 6.78. The van der Waals surface area contributed by atoms with Crippen LogP contribution in [0.15, 0.2) is 59.0 Å². The van der Waals surface area contributed by atoms with E-state index in [1.807, 2.05) is 54.6 Å². The molecule has 0 unspecified atom stereocenters. The van der Waals surface area contributed by atoms with Crippen molar-refractivity contribution < 1.29 is 4.42 Å². The van der Waals surface area contributed by atoms with Crippen molar-refractivity contribution in [1.82, 2.24) is 9.78 Å². The zero-order valence-electron chi connectivity index (χ0n) is 9.88. The fourth-order valence-corrected chi connectivity index (χ4v) is 2.11. The number of nitrogens with one attached hydrogen (secondary N) is 1. The Labute approximate surface area is 123 Å². The van der Waals surface area contributed by atoms with Gasteiger partial charge >= 0.3 is 5.68 Å². The van der Waals surface area contributed by atoms with Crippen LogP contribution in [-0.4, -0.2) is 9.78 Å². The third-order valence-corrected chi connectivity index (χ3v) is 3.39. The van der Waals surface area contributed by atoms with Crippen LogP contribution in [0.2, 0.25) is 0 Å². The number of aromatic nitrogens is 2. The number of hydrogen-bond donors (Lipinski definition) is 1. The Morgan fingerprint density at radius 2 is 1.68 bits per heavy atom. The van der Waals surface area contributed by atoms with Crippen molar-refractivity contribution in [2.45, 2.75) is 0 Å². The molecule has 0 spiro atoms. The Hall–Kier alpha value is -1.89. The van der Waals surface area contributed by atoms with E-state index in [0.717, 1.165) is 14.8 Å². The molecule has 0 atom stereocenters. The lowest BCUT2D eigenvalue weighted by Crippen LogP contribution is -2.13. The molecule has 1 aromatic heterocycles. The molecular formula is C14H10IN3O. The molecule has 0 aliphatic carbocycles. The van der Waals surface area contributed by atoms with Gasteiger partial charge in [-0.15, -0.1) is 5.10 Å². The van der Waals surface area contributed by atoms with Gasteiger partial charge in [0.15, 0.2) is 0 Å². The molecule has 0 bridgehead atoms. The second-order valence-corrected chi connectivity index (χ2v) is 5.21. The van der Waals surface area contributed by atoms with E-state index < -0.39 is 0 Å². The number of halogens is 1. The highest BCUT2D eigenvalue weighted by Gasteiger charge is 2.09. The molecule has 94 valence electrons. The smallest absolute Gasteiger partial charge is 0.317 e. The minimum atomic E-state index is 0.0139. The van der Waals surface area contributed by atoms with Crippen LogP contribution in [0.5, 0.6) is 0 Å². The van der Waals surface area contributed by atoms with Crippen molar-refractivity contribution >= 4 is 22.6 Å². The molecule has 1 N–H and O–H groups in total. The van der Waals surface area contributed by atoms with Crippen LogP contribution >= 0.6 is 22.6 Å². The fraction of sp³-hybridized carbons (Fsp3) is 0. The van der Waals surface area contributed by atoms with Crippen LogP contribution in [0.4, 0.5) is 0 Å². The maximum Gasteiger partial charge on any atom is 0.317 e. The normalized spacial score (nSPS) is 10.6. The van der Waals surface area contributed by atoms with Gasteiger partial charge in [-0.2, -0.15) is 4.68 Å². The molecule has 4 nitrogen and oxygen atoms in total. The molecule has 1 heterocycles. The van der Waals surface area contributed by atoms with E-state index in [1.165, 1.54) is 4.68 Å². The number of rotatable bonds is 2. The monoisotopic (exact) mass is 363 g/mol. The average Bonchev–Trinajstić information content (AvgIpc) is 2.83. The molecule has 0 radical (unpaired) electrons. The van der Waals surface area contributed by atoms with Gasteiger partial charge in [-0.1, -0.05) is 18.2 Å². The van der Waals surface area contributed by atoms with E-state index >= 15 is 0 Å². The van der Waals surface area contributed by atoms with E-state index in [1.54, 1.807) is 0 Å². The van der Waals surface area contributed by atoms with E-state index in [9.17, 15) is 0 Å². The predicted molar refractivity (Wildman–Crippen MR) is 79.8 cm³/mol. The Balaban J connectivity index is 2.08. The summed E-state index contributed by atoms with van der Waals surface area (Å²) in [5.41, 5.74) is 1.69. The van der Waals surface area contributed by atoms with Gasteiger partial charge in [-0.05, 0) is 59.0 Å². The van der Waals surface area contributed by atoms with Crippen LogP contribution in [0.25, 0.3) is 17.1 Å². The summed E-state index contributed by atoms with van der Waals surface area (Å²) in [6.07, 6.45) is 0. The first-order valence-electron chi connectivity index (χ1n) is 5.70. The molecule has 0 saturated carbocycles. The van der Waals surface area contributed by atoms with Crippen molar-refractivity contribution in [3.63, 3.8) is 0 Å². The Morgan fingerprint density at radius 3 is 2.37 bits per heavy atom. The summed E-state index contributed by atoms with van der Waals surface area (Å²) >= 11 is 2.24.